The van der Waals surface area contributed by atoms with Crippen molar-refractivity contribution in [1.82, 2.24) is 4.98 Å². The molecule has 2 heterocycles. The number of nitrogens with two attached hydrogens (primary N) is 1. The van der Waals surface area contributed by atoms with Gasteiger partial charge in [0.05, 0.1) is 29.5 Å². The number of rotatable bonds is 4. The SMILES string of the molecule is NC(=O)c1cccnc1N1CCS(=O)(=O)CC1CC(=O)O. The summed E-state index contributed by atoms with van der Waals surface area (Å²) in [6.07, 6.45) is 1.09. The van der Waals surface area contributed by atoms with Crippen LogP contribution >= 0.6 is 0 Å². The zero-order valence-electron chi connectivity index (χ0n) is 11.1. The van der Waals surface area contributed by atoms with Crippen molar-refractivity contribution in [1.29, 1.82) is 0 Å². The van der Waals surface area contributed by atoms with Crippen molar-refractivity contribution in [3.63, 3.8) is 0 Å². The minimum absolute atomic E-state index is 0.0809. The maximum atomic E-state index is 11.7. The molecule has 0 radical (unpaired) electrons. The van der Waals surface area contributed by atoms with Gasteiger partial charge in [-0.15, -0.1) is 0 Å². The molecule has 3 N–H and O–H groups in total. The molecule has 8 nitrogen and oxygen atoms in total. The number of anilines is 1. The van der Waals surface area contributed by atoms with Gasteiger partial charge in [-0.3, -0.25) is 9.59 Å². The highest BCUT2D eigenvalue weighted by Crippen LogP contribution is 2.24. The fourth-order valence-electron chi connectivity index (χ4n) is 2.35. The molecule has 0 aromatic carbocycles. The lowest BCUT2D eigenvalue weighted by molar-refractivity contribution is -0.137. The molecule has 0 aliphatic carbocycles. The van der Waals surface area contributed by atoms with Crippen molar-refractivity contribution in [2.24, 2.45) is 5.73 Å². The van der Waals surface area contributed by atoms with Gasteiger partial charge in [-0.1, -0.05) is 0 Å². The maximum absolute atomic E-state index is 11.7. The van der Waals surface area contributed by atoms with Crippen molar-refractivity contribution in [2.75, 3.05) is 23.0 Å². The van der Waals surface area contributed by atoms with E-state index in [0.717, 1.165) is 0 Å². The molecule has 1 aliphatic heterocycles. The average molecular weight is 313 g/mol. The number of hydrogen-bond acceptors (Lipinski definition) is 6. The number of aliphatic carboxylic acids is 1. The maximum Gasteiger partial charge on any atom is 0.305 e. The second-order valence-corrected chi connectivity index (χ2v) is 7.03. The third kappa shape index (κ3) is 3.48. The van der Waals surface area contributed by atoms with Crippen LogP contribution in [-0.4, -0.2) is 54.5 Å². The van der Waals surface area contributed by atoms with Crippen molar-refractivity contribution in [3.8, 4) is 0 Å². The molecule has 1 atom stereocenters. The number of amides is 1. The Kier molecular flexibility index (Phi) is 4.12. The molecule has 21 heavy (non-hydrogen) atoms. The van der Waals surface area contributed by atoms with Crippen LogP contribution in [0.15, 0.2) is 18.3 Å². The largest absolute Gasteiger partial charge is 0.481 e. The van der Waals surface area contributed by atoms with Gasteiger partial charge in [0.25, 0.3) is 5.91 Å². The van der Waals surface area contributed by atoms with E-state index in [0.29, 0.717) is 0 Å². The monoisotopic (exact) mass is 313 g/mol. The minimum atomic E-state index is -3.30. The molecule has 114 valence electrons. The molecule has 1 saturated heterocycles. The first-order valence-corrected chi connectivity index (χ1v) is 8.06. The first kappa shape index (κ1) is 15.2. The number of nitrogens with zero attached hydrogens (tertiary/aromatic N) is 2. The molecule has 1 aromatic rings. The highest BCUT2D eigenvalue weighted by atomic mass is 32.2. The van der Waals surface area contributed by atoms with E-state index in [1.165, 1.54) is 23.2 Å². The number of hydrogen-bond donors (Lipinski definition) is 2. The predicted octanol–water partition coefficient (Wildman–Crippen LogP) is -0.741. The topological polar surface area (TPSA) is 131 Å². The summed E-state index contributed by atoms with van der Waals surface area (Å²) in [5, 5.41) is 8.95. The summed E-state index contributed by atoms with van der Waals surface area (Å²) >= 11 is 0. The number of carboxylic acid groups (broad SMARTS) is 1. The molecule has 0 spiro atoms. The van der Waals surface area contributed by atoms with Crippen LogP contribution in [-0.2, 0) is 14.6 Å². The fourth-order valence-corrected chi connectivity index (χ4v) is 3.88. The lowest BCUT2D eigenvalue weighted by Gasteiger charge is -2.36. The number of sulfone groups is 1. The third-order valence-electron chi connectivity index (χ3n) is 3.26. The minimum Gasteiger partial charge on any atom is -0.481 e. The average Bonchev–Trinajstić information content (AvgIpc) is 2.37. The Morgan fingerprint density at radius 1 is 1.48 bits per heavy atom. The van der Waals surface area contributed by atoms with Crippen LogP contribution in [0.4, 0.5) is 5.82 Å². The molecular formula is C12H15N3O5S. The number of primary amides is 1. The van der Waals surface area contributed by atoms with Gasteiger partial charge in [-0.2, -0.15) is 0 Å². The fraction of sp³-hybridized carbons (Fsp3) is 0.417. The molecule has 0 bridgehead atoms. The van der Waals surface area contributed by atoms with Crippen LogP contribution in [0.1, 0.15) is 16.8 Å². The Morgan fingerprint density at radius 2 is 2.19 bits per heavy atom. The van der Waals surface area contributed by atoms with E-state index in [1.807, 2.05) is 0 Å². The quantitative estimate of drug-likeness (QED) is 0.748. The summed E-state index contributed by atoms with van der Waals surface area (Å²) in [4.78, 5) is 28.0. The second kappa shape index (κ2) is 5.68. The van der Waals surface area contributed by atoms with Crippen LogP contribution in [0.25, 0.3) is 0 Å². The van der Waals surface area contributed by atoms with E-state index in [9.17, 15) is 18.0 Å². The van der Waals surface area contributed by atoms with E-state index in [1.54, 1.807) is 0 Å². The van der Waals surface area contributed by atoms with Crippen LogP contribution in [0, 0.1) is 0 Å². The normalized spacial score (nSPS) is 21.0. The molecule has 1 aliphatic rings. The van der Waals surface area contributed by atoms with Crippen molar-refractivity contribution in [3.05, 3.63) is 23.9 Å². The van der Waals surface area contributed by atoms with Crippen molar-refractivity contribution < 1.29 is 23.1 Å². The number of aromatic nitrogens is 1. The standard InChI is InChI=1S/C12H15N3O5S/c13-11(18)9-2-1-3-14-12(9)15-4-5-21(19,20)7-8(15)6-10(16)17/h1-3,8H,4-7H2,(H2,13,18)(H,16,17). The van der Waals surface area contributed by atoms with Crippen LogP contribution in [0.3, 0.4) is 0 Å². The van der Waals surface area contributed by atoms with Gasteiger partial charge in [0.2, 0.25) is 0 Å². The number of carbonyl (C=O) groups is 2. The molecule has 1 fully saturated rings. The van der Waals surface area contributed by atoms with E-state index in [2.05, 4.69) is 4.98 Å². The molecule has 1 aromatic heterocycles. The predicted molar refractivity (Wildman–Crippen MR) is 74.8 cm³/mol. The lowest BCUT2D eigenvalue weighted by Crippen LogP contribution is -2.50. The molecule has 1 unspecified atom stereocenters. The van der Waals surface area contributed by atoms with Gasteiger partial charge >= 0.3 is 5.97 Å². The van der Waals surface area contributed by atoms with E-state index >= 15 is 0 Å². The summed E-state index contributed by atoms with van der Waals surface area (Å²) in [6.45, 7) is 0.0809. The highest BCUT2D eigenvalue weighted by molar-refractivity contribution is 7.91. The number of carboxylic acids is 1. The van der Waals surface area contributed by atoms with Crippen molar-refractivity contribution in [2.45, 2.75) is 12.5 Å². The van der Waals surface area contributed by atoms with E-state index < -0.39 is 27.8 Å². The molecule has 0 saturated carbocycles. The van der Waals surface area contributed by atoms with Crippen molar-refractivity contribution >= 4 is 27.5 Å². The molecule has 2 rings (SSSR count). The van der Waals surface area contributed by atoms with Gasteiger partial charge in [0.1, 0.15) is 5.82 Å². The smallest absolute Gasteiger partial charge is 0.305 e. The summed E-state index contributed by atoms with van der Waals surface area (Å²) in [6, 6.07) is 2.25. The van der Waals surface area contributed by atoms with Crippen LogP contribution in [0.5, 0.6) is 0 Å². The van der Waals surface area contributed by atoms with Gasteiger partial charge in [-0.25, -0.2) is 13.4 Å². The molecule has 1 amide bonds. The van der Waals surface area contributed by atoms with Gasteiger partial charge < -0.3 is 15.7 Å². The Labute approximate surface area is 121 Å². The lowest BCUT2D eigenvalue weighted by atomic mass is 10.1. The van der Waals surface area contributed by atoms with E-state index in [4.69, 9.17) is 10.8 Å². The highest BCUT2D eigenvalue weighted by Gasteiger charge is 2.34. The van der Waals surface area contributed by atoms with Gasteiger partial charge in [-0.05, 0) is 12.1 Å². The van der Waals surface area contributed by atoms with Gasteiger partial charge in [0, 0.05) is 12.7 Å². The number of carbonyl (C=O) groups excluding carboxylic acids is 1. The van der Waals surface area contributed by atoms with Crippen LogP contribution < -0.4 is 10.6 Å². The van der Waals surface area contributed by atoms with Gasteiger partial charge in [0.15, 0.2) is 9.84 Å². The molecular weight excluding hydrogens is 298 g/mol. The van der Waals surface area contributed by atoms with Crippen LogP contribution in [0.2, 0.25) is 0 Å². The Balaban J connectivity index is 2.41. The molecule has 9 heteroatoms. The Hall–Kier alpha value is -2.16. The number of pyridine rings is 1. The first-order chi connectivity index (χ1) is 9.80. The first-order valence-electron chi connectivity index (χ1n) is 6.24. The third-order valence-corrected chi connectivity index (χ3v) is 4.96. The summed E-state index contributed by atoms with van der Waals surface area (Å²) in [5.41, 5.74) is 5.43. The second-order valence-electron chi connectivity index (χ2n) is 4.80. The summed E-state index contributed by atoms with van der Waals surface area (Å²) in [5.74, 6) is -1.98. The summed E-state index contributed by atoms with van der Waals surface area (Å²) < 4.78 is 23.4. The Morgan fingerprint density at radius 3 is 2.81 bits per heavy atom. The zero-order valence-corrected chi connectivity index (χ0v) is 11.9. The zero-order chi connectivity index (χ0) is 15.6. The Bertz CT molecular complexity index is 673. The summed E-state index contributed by atoms with van der Waals surface area (Å²) in [7, 11) is -3.30. The van der Waals surface area contributed by atoms with E-state index in [-0.39, 0.29) is 35.9 Å².